The molecule has 1 saturated carbocycles. The summed E-state index contributed by atoms with van der Waals surface area (Å²) in [7, 11) is 1.88. The number of hydrogen-bond acceptors (Lipinski definition) is 1. The van der Waals surface area contributed by atoms with Crippen LogP contribution in [0.2, 0.25) is 5.02 Å². The molecule has 88 valence electrons. The van der Waals surface area contributed by atoms with Crippen LogP contribution in [0.15, 0.2) is 12.3 Å². The summed E-state index contributed by atoms with van der Waals surface area (Å²) in [6.45, 7) is 0. The maximum Gasteiger partial charge on any atom is 0.270 e. The molecule has 0 unspecified atom stereocenters. The lowest BCUT2D eigenvalue weighted by molar-refractivity contribution is 0.0691. The second kappa shape index (κ2) is 4.91. The molecule has 16 heavy (non-hydrogen) atoms. The molecule has 0 radical (unpaired) electrons. The molecule has 0 aromatic carbocycles. The third kappa shape index (κ3) is 2.40. The van der Waals surface area contributed by atoms with E-state index < -0.39 is 0 Å². The van der Waals surface area contributed by atoms with Crippen molar-refractivity contribution >= 4 is 17.5 Å². The number of nitrogens with one attached hydrogen (secondary N) is 1. The summed E-state index contributed by atoms with van der Waals surface area (Å²) in [6, 6.07) is 2.08. The van der Waals surface area contributed by atoms with Crippen LogP contribution >= 0.6 is 11.6 Å². The topological polar surface area (TPSA) is 36.1 Å². The number of aromatic nitrogens is 1. The Bertz CT molecular complexity index is 369. The van der Waals surface area contributed by atoms with Crippen LogP contribution in [0.3, 0.4) is 0 Å². The van der Waals surface area contributed by atoms with Crippen LogP contribution in [0.5, 0.6) is 0 Å². The van der Waals surface area contributed by atoms with E-state index in [0.717, 1.165) is 12.8 Å². The highest BCUT2D eigenvalue weighted by molar-refractivity contribution is 6.30. The number of halogens is 1. The summed E-state index contributed by atoms with van der Waals surface area (Å²) in [4.78, 5) is 16.8. The van der Waals surface area contributed by atoms with Crippen molar-refractivity contribution < 1.29 is 4.79 Å². The van der Waals surface area contributed by atoms with E-state index in [9.17, 15) is 4.79 Å². The van der Waals surface area contributed by atoms with Crippen molar-refractivity contribution in [2.75, 3.05) is 7.05 Å². The molecule has 2 rings (SSSR count). The minimum Gasteiger partial charge on any atom is -0.356 e. The Morgan fingerprint density at radius 1 is 1.44 bits per heavy atom. The van der Waals surface area contributed by atoms with Crippen molar-refractivity contribution in [2.45, 2.75) is 38.1 Å². The smallest absolute Gasteiger partial charge is 0.270 e. The highest BCUT2D eigenvalue weighted by Crippen LogP contribution is 2.23. The number of amides is 1. The van der Waals surface area contributed by atoms with Crippen molar-refractivity contribution in [3.8, 4) is 0 Å². The van der Waals surface area contributed by atoms with E-state index in [2.05, 4.69) is 4.98 Å². The van der Waals surface area contributed by atoms with Crippen LogP contribution in [0.4, 0.5) is 0 Å². The number of rotatable bonds is 2. The third-order valence-corrected chi connectivity index (χ3v) is 3.54. The summed E-state index contributed by atoms with van der Waals surface area (Å²) in [5, 5.41) is 0.584. The predicted molar refractivity (Wildman–Crippen MR) is 64.8 cm³/mol. The Morgan fingerprint density at radius 2 is 2.12 bits per heavy atom. The minimum atomic E-state index is 0.0406. The average molecular weight is 241 g/mol. The molecule has 4 heteroatoms. The van der Waals surface area contributed by atoms with E-state index in [1.54, 1.807) is 12.3 Å². The molecule has 1 heterocycles. The minimum absolute atomic E-state index is 0.0406. The summed E-state index contributed by atoms with van der Waals surface area (Å²) < 4.78 is 0. The summed E-state index contributed by atoms with van der Waals surface area (Å²) in [6.07, 6.45) is 7.64. The van der Waals surface area contributed by atoms with Gasteiger partial charge in [-0.2, -0.15) is 0 Å². The van der Waals surface area contributed by atoms with Gasteiger partial charge in [-0.1, -0.05) is 30.9 Å². The Morgan fingerprint density at radius 3 is 2.69 bits per heavy atom. The molecule has 1 amide bonds. The number of carbonyl (C=O) groups excluding carboxylic acids is 1. The zero-order valence-electron chi connectivity index (χ0n) is 9.50. The first-order valence-corrected chi connectivity index (χ1v) is 6.17. The molecule has 0 saturated heterocycles. The fourth-order valence-electron chi connectivity index (χ4n) is 2.32. The zero-order chi connectivity index (χ0) is 11.5. The normalized spacial score (nSPS) is 17.4. The van der Waals surface area contributed by atoms with Crippen LogP contribution < -0.4 is 0 Å². The van der Waals surface area contributed by atoms with Gasteiger partial charge >= 0.3 is 0 Å². The number of H-pyrrole nitrogens is 1. The first-order chi connectivity index (χ1) is 7.68. The van der Waals surface area contributed by atoms with E-state index >= 15 is 0 Å². The van der Waals surface area contributed by atoms with E-state index in [1.165, 1.54) is 19.3 Å². The lowest BCUT2D eigenvalue weighted by Gasteiger charge is -2.30. The van der Waals surface area contributed by atoms with Gasteiger partial charge in [0.05, 0.1) is 5.02 Å². The average Bonchev–Trinajstić information content (AvgIpc) is 2.75. The molecule has 3 nitrogen and oxygen atoms in total. The van der Waals surface area contributed by atoms with Crippen molar-refractivity contribution in [3.63, 3.8) is 0 Å². The predicted octanol–water partition coefficient (Wildman–Crippen LogP) is 3.07. The molecule has 1 aliphatic rings. The third-order valence-electron chi connectivity index (χ3n) is 3.32. The van der Waals surface area contributed by atoms with E-state index in [-0.39, 0.29) is 5.91 Å². The van der Waals surface area contributed by atoms with Gasteiger partial charge in [-0.05, 0) is 18.9 Å². The molecule has 0 spiro atoms. The maximum absolute atomic E-state index is 12.1. The van der Waals surface area contributed by atoms with Gasteiger partial charge in [0.25, 0.3) is 5.91 Å². The van der Waals surface area contributed by atoms with Crippen molar-refractivity contribution in [1.82, 2.24) is 9.88 Å². The fourth-order valence-corrected chi connectivity index (χ4v) is 2.48. The first-order valence-electron chi connectivity index (χ1n) is 5.79. The standard InChI is InChI=1S/C12H17ClN2O/c1-15(10-5-3-2-4-6-10)12(16)11-7-9(13)8-14-11/h7-8,10,14H,2-6H2,1H3. The monoisotopic (exact) mass is 240 g/mol. The Balaban J connectivity index is 2.03. The zero-order valence-corrected chi connectivity index (χ0v) is 10.3. The second-order valence-corrected chi connectivity index (χ2v) is 4.88. The quantitative estimate of drug-likeness (QED) is 0.848. The van der Waals surface area contributed by atoms with Crippen LogP contribution in [-0.2, 0) is 0 Å². The highest BCUT2D eigenvalue weighted by Gasteiger charge is 2.23. The van der Waals surface area contributed by atoms with Crippen LogP contribution in [0.1, 0.15) is 42.6 Å². The van der Waals surface area contributed by atoms with Gasteiger partial charge in [-0.3, -0.25) is 4.79 Å². The number of carbonyl (C=O) groups is 1. The van der Waals surface area contributed by atoms with Crippen molar-refractivity contribution in [2.24, 2.45) is 0 Å². The molecular weight excluding hydrogens is 224 g/mol. The highest BCUT2D eigenvalue weighted by atomic mass is 35.5. The van der Waals surface area contributed by atoms with Gasteiger partial charge in [0.1, 0.15) is 5.69 Å². The van der Waals surface area contributed by atoms with Crippen LogP contribution in [0.25, 0.3) is 0 Å². The van der Waals surface area contributed by atoms with Gasteiger partial charge < -0.3 is 9.88 Å². The van der Waals surface area contributed by atoms with E-state index in [1.807, 2.05) is 11.9 Å². The van der Waals surface area contributed by atoms with Crippen LogP contribution in [-0.4, -0.2) is 28.9 Å². The Labute approximate surface area is 101 Å². The fraction of sp³-hybridized carbons (Fsp3) is 0.583. The largest absolute Gasteiger partial charge is 0.356 e. The van der Waals surface area contributed by atoms with E-state index in [4.69, 9.17) is 11.6 Å². The van der Waals surface area contributed by atoms with Gasteiger partial charge in [-0.15, -0.1) is 0 Å². The van der Waals surface area contributed by atoms with Gasteiger partial charge in [0.15, 0.2) is 0 Å². The van der Waals surface area contributed by atoms with E-state index in [0.29, 0.717) is 16.8 Å². The Kier molecular flexibility index (Phi) is 3.54. The molecule has 1 aromatic heterocycles. The Hall–Kier alpha value is -0.960. The summed E-state index contributed by atoms with van der Waals surface area (Å²) in [5.74, 6) is 0.0406. The molecular formula is C12H17ClN2O. The van der Waals surface area contributed by atoms with Gasteiger partial charge in [0.2, 0.25) is 0 Å². The van der Waals surface area contributed by atoms with Gasteiger partial charge in [0, 0.05) is 19.3 Å². The van der Waals surface area contributed by atoms with Gasteiger partial charge in [-0.25, -0.2) is 0 Å². The molecule has 0 bridgehead atoms. The first kappa shape index (κ1) is 11.5. The number of hydrogen-bond donors (Lipinski definition) is 1. The summed E-state index contributed by atoms with van der Waals surface area (Å²) in [5.41, 5.74) is 0.582. The second-order valence-electron chi connectivity index (χ2n) is 4.44. The van der Waals surface area contributed by atoms with Crippen molar-refractivity contribution in [1.29, 1.82) is 0 Å². The summed E-state index contributed by atoms with van der Waals surface area (Å²) >= 11 is 5.79. The molecule has 0 aliphatic heterocycles. The van der Waals surface area contributed by atoms with Crippen LogP contribution in [0, 0.1) is 0 Å². The molecule has 1 aliphatic carbocycles. The number of nitrogens with zero attached hydrogens (tertiary/aromatic N) is 1. The SMILES string of the molecule is CN(C(=O)c1cc(Cl)c[nH]1)C1CCCCC1. The molecule has 1 N–H and O–H groups in total. The lowest BCUT2D eigenvalue weighted by atomic mass is 9.94. The maximum atomic E-state index is 12.1. The lowest BCUT2D eigenvalue weighted by Crippen LogP contribution is -2.38. The molecule has 0 atom stereocenters. The van der Waals surface area contributed by atoms with Crippen molar-refractivity contribution in [3.05, 3.63) is 23.0 Å². The molecule has 1 fully saturated rings. The number of aromatic amines is 1. The molecule has 1 aromatic rings.